The summed E-state index contributed by atoms with van der Waals surface area (Å²) in [5.74, 6) is -1.15. The lowest BCUT2D eigenvalue weighted by molar-refractivity contribution is -0.121. The molecule has 0 aliphatic carbocycles. The number of thiazole rings is 1. The Morgan fingerprint density at radius 3 is 2.69 bits per heavy atom. The van der Waals surface area contributed by atoms with Crippen molar-refractivity contribution in [2.45, 2.75) is 6.92 Å². The van der Waals surface area contributed by atoms with Gasteiger partial charge < -0.3 is 5.11 Å². The smallest absolute Gasteiger partial charge is 0.335 e. The number of hydrogen-bond acceptors (Lipinski definition) is 6. The van der Waals surface area contributed by atoms with Crippen LogP contribution >= 0.6 is 23.1 Å². The van der Waals surface area contributed by atoms with E-state index in [9.17, 15) is 9.59 Å². The highest BCUT2D eigenvalue weighted by molar-refractivity contribution is 8.18. The van der Waals surface area contributed by atoms with Crippen LogP contribution in [0.5, 0.6) is 0 Å². The van der Waals surface area contributed by atoms with Crippen LogP contribution in [0.1, 0.15) is 21.6 Å². The Kier molecular flexibility index (Phi) is 5.34. The molecule has 1 fully saturated rings. The van der Waals surface area contributed by atoms with Crippen LogP contribution in [0, 0.1) is 6.92 Å². The van der Waals surface area contributed by atoms with Gasteiger partial charge in [0.05, 0.1) is 16.2 Å². The van der Waals surface area contributed by atoms with Crippen molar-refractivity contribution in [2.75, 3.05) is 6.54 Å². The fourth-order valence-electron chi connectivity index (χ4n) is 2.23. The summed E-state index contributed by atoms with van der Waals surface area (Å²) in [6.07, 6.45) is 3.37. The maximum atomic E-state index is 12.7. The number of carbonyl (C=O) groups is 2. The Bertz CT molecular complexity index is 929. The molecule has 132 valence electrons. The van der Waals surface area contributed by atoms with Crippen LogP contribution in [0.3, 0.4) is 0 Å². The molecule has 2 aromatic rings. The number of aromatic nitrogens is 1. The highest BCUT2D eigenvalue weighted by Gasteiger charge is 2.32. The number of carbonyl (C=O) groups excluding carboxylic acids is 1. The van der Waals surface area contributed by atoms with E-state index in [0.717, 1.165) is 11.3 Å². The highest BCUT2D eigenvalue weighted by Crippen LogP contribution is 2.34. The van der Waals surface area contributed by atoms with Gasteiger partial charge in [-0.05, 0) is 42.5 Å². The maximum absolute atomic E-state index is 12.7. The van der Waals surface area contributed by atoms with E-state index in [4.69, 9.17) is 5.11 Å². The molecule has 6 nitrogen and oxygen atoms in total. The number of benzene rings is 1. The zero-order chi connectivity index (χ0) is 18.7. The Labute approximate surface area is 158 Å². The summed E-state index contributed by atoms with van der Waals surface area (Å²) in [7, 11) is 0. The SMILES string of the molecule is C=CCN1C(=O)/C(=C/c2ccc(C(=O)O)cc2)S/C1=N/c1nc(C)cs1. The third-order valence-electron chi connectivity index (χ3n) is 3.45. The molecule has 1 amide bonds. The lowest BCUT2D eigenvalue weighted by Gasteiger charge is -2.11. The fourth-order valence-corrected chi connectivity index (χ4v) is 3.94. The molecule has 0 spiro atoms. The first-order chi connectivity index (χ1) is 12.5. The van der Waals surface area contributed by atoms with Crippen molar-refractivity contribution in [3.05, 3.63) is 64.0 Å². The zero-order valence-corrected chi connectivity index (χ0v) is 15.5. The third-order valence-corrected chi connectivity index (χ3v) is 5.31. The number of aliphatic imine (C=N–C) groups is 1. The summed E-state index contributed by atoms with van der Waals surface area (Å²) in [5, 5.41) is 12.0. The van der Waals surface area contributed by atoms with Crippen molar-refractivity contribution in [1.29, 1.82) is 0 Å². The second-order valence-electron chi connectivity index (χ2n) is 5.41. The number of carboxylic acid groups (broad SMARTS) is 1. The van der Waals surface area contributed by atoms with Crippen LogP contribution in [0.15, 0.2) is 52.2 Å². The minimum absolute atomic E-state index is 0.163. The van der Waals surface area contributed by atoms with Gasteiger partial charge >= 0.3 is 5.97 Å². The summed E-state index contributed by atoms with van der Waals surface area (Å²) in [4.78, 5) is 34.5. The Morgan fingerprint density at radius 2 is 2.12 bits per heavy atom. The summed E-state index contributed by atoms with van der Waals surface area (Å²) in [6, 6.07) is 6.35. The molecular weight excluding hydrogens is 370 g/mol. The molecule has 0 bridgehead atoms. The second-order valence-corrected chi connectivity index (χ2v) is 7.25. The molecule has 1 aromatic carbocycles. The number of carboxylic acids is 1. The number of thioether (sulfide) groups is 1. The highest BCUT2D eigenvalue weighted by atomic mass is 32.2. The van der Waals surface area contributed by atoms with Crippen LogP contribution in [-0.4, -0.2) is 38.6 Å². The van der Waals surface area contributed by atoms with Gasteiger partial charge in [-0.2, -0.15) is 4.99 Å². The molecule has 26 heavy (non-hydrogen) atoms. The molecule has 1 saturated heterocycles. The Hall–Kier alpha value is -2.71. The van der Waals surface area contributed by atoms with Gasteiger partial charge in [0.2, 0.25) is 5.13 Å². The molecular formula is C18H15N3O3S2. The van der Waals surface area contributed by atoms with Gasteiger partial charge in [-0.25, -0.2) is 9.78 Å². The van der Waals surface area contributed by atoms with Crippen molar-refractivity contribution in [3.63, 3.8) is 0 Å². The summed E-state index contributed by atoms with van der Waals surface area (Å²) in [6.45, 7) is 5.93. The summed E-state index contributed by atoms with van der Waals surface area (Å²) < 4.78 is 0. The predicted molar refractivity (Wildman–Crippen MR) is 105 cm³/mol. The average Bonchev–Trinajstić information content (AvgIpc) is 3.14. The number of aromatic carboxylic acids is 1. The molecule has 1 N–H and O–H groups in total. The van der Waals surface area contributed by atoms with Crippen LogP contribution in [0.4, 0.5) is 5.13 Å². The molecule has 0 saturated carbocycles. The molecule has 0 radical (unpaired) electrons. The summed E-state index contributed by atoms with van der Waals surface area (Å²) >= 11 is 2.68. The van der Waals surface area contributed by atoms with E-state index in [1.165, 1.54) is 35.2 Å². The standard InChI is InChI=1S/C18H15N3O3S2/c1-3-8-21-15(22)14(9-12-4-6-13(7-5-12)16(23)24)26-18(21)20-17-19-11(2)10-25-17/h3-7,9-10H,1,8H2,2H3,(H,23,24)/b14-9-,20-18+. The first-order valence-electron chi connectivity index (χ1n) is 7.64. The molecule has 3 rings (SSSR count). The van der Waals surface area contributed by atoms with Crippen molar-refractivity contribution >= 4 is 51.4 Å². The van der Waals surface area contributed by atoms with E-state index in [2.05, 4.69) is 16.6 Å². The van der Waals surface area contributed by atoms with Crippen molar-refractivity contribution in [2.24, 2.45) is 4.99 Å². The monoisotopic (exact) mass is 385 g/mol. The first kappa shape index (κ1) is 18.1. The Balaban J connectivity index is 1.90. The van der Waals surface area contributed by atoms with E-state index in [-0.39, 0.29) is 11.5 Å². The second kappa shape index (κ2) is 7.67. The van der Waals surface area contributed by atoms with Crippen molar-refractivity contribution in [3.8, 4) is 0 Å². The molecule has 1 aliphatic heterocycles. The fraction of sp³-hybridized carbons (Fsp3) is 0.111. The predicted octanol–water partition coefficient (Wildman–Crippen LogP) is 3.94. The lowest BCUT2D eigenvalue weighted by atomic mass is 10.1. The van der Waals surface area contributed by atoms with E-state index in [1.54, 1.807) is 29.2 Å². The first-order valence-corrected chi connectivity index (χ1v) is 9.34. The van der Waals surface area contributed by atoms with Gasteiger partial charge in [-0.1, -0.05) is 18.2 Å². The van der Waals surface area contributed by atoms with Gasteiger partial charge in [0, 0.05) is 11.9 Å². The molecule has 8 heteroatoms. The largest absolute Gasteiger partial charge is 0.478 e. The van der Waals surface area contributed by atoms with Gasteiger partial charge in [0.15, 0.2) is 5.17 Å². The molecule has 0 unspecified atom stereocenters. The van der Waals surface area contributed by atoms with E-state index < -0.39 is 5.97 Å². The number of nitrogens with zero attached hydrogens (tertiary/aromatic N) is 3. The minimum Gasteiger partial charge on any atom is -0.478 e. The van der Waals surface area contributed by atoms with E-state index in [0.29, 0.717) is 21.7 Å². The molecule has 0 atom stereocenters. The van der Waals surface area contributed by atoms with E-state index >= 15 is 0 Å². The van der Waals surface area contributed by atoms with Crippen LogP contribution < -0.4 is 0 Å². The maximum Gasteiger partial charge on any atom is 0.335 e. The topological polar surface area (TPSA) is 82.9 Å². The minimum atomic E-state index is -0.985. The van der Waals surface area contributed by atoms with Gasteiger partial charge in [-0.15, -0.1) is 17.9 Å². The number of rotatable bonds is 5. The van der Waals surface area contributed by atoms with Crippen LogP contribution in [0.25, 0.3) is 6.08 Å². The lowest BCUT2D eigenvalue weighted by Crippen LogP contribution is -2.29. The molecule has 1 aromatic heterocycles. The number of amidine groups is 1. The third kappa shape index (κ3) is 3.92. The summed E-state index contributed by atoms with van der Waals surface area (Å²) in [5.41, 5.74) is 1.83. The quantitative estimate of drug-likeness (QED) is 0.623. The van der Waals surface area contributed by atoms with Gasteiger partial charge in [0.25, 0.3) is 5.91 Å². The van der Waals surface area contributed by atoms with Gasteiger partial charge in [0.1, 0.15) is 0 Å². The van der Waals surface area contributed by atoms with Crippen molar-refractivity contribution in [1.82, 2.24) is 9.88 Å². The number of amides is 1. The van der Waals surface area contributed by atoms with Crippen LogP contribution in [-0.2, 0) is 4.79 Å². The molecule has 2 heterocycles. The number of hydrogen-bond donors (Lipinski definition) is 1. The van der Waals surface area contributed by atoms with Crippen LogP contribution in [0.2, 0.25) is 0 Å². The normalized spacial score (nSPS) is 17.3. The Morgan fingerprint density at radius 1 is 1.38 bits per heavy atom. The number of aryl methyl sites for hydroxylation is 1. The van der Waals surface area contributed by atoms with E-state index in [1.807, 2.05) is 12.3 Å². The zero-order valence-electron chi connectivity index (χ0n) is 13.9. The average molecular weight is 385 g/mol. The van der Waals surface area contributed by atoms with Crippen molar-refractivity contribution < 1.29 is 14.7 Å². The molecule has 1 aliphatic rings. The van der Waals surface area contributed by atoms with Gasteiger partial charge in [-0.3, -0.25) is 9.69 Å².